The molecule has 104 valence electrons. The molecule has 1 aromatic heterocycles. The molecule has 1 amide bonds. The zero-order valence-electron chi connectivity index (χ0n) is 10.3. The van der Waals surface area contributed by atoms with Crippen molar-refractivity contribution in [3.63, 3.8) is 0 Å². The fraction of sp³-hybridized carbons (Fsp3) is 0.0769. The summed E-state index contributed by atoms with van der Waals surface area (Å²) in [6, 6.07) is 8.67. The molecule has 0 unspecified atom stereocenters. The van der Waals surface area contributed by atoms with Crippen LogP contribution in [0.15, 0.2) is 50.3 Å². The number of pyridine rings is 1. The van der Waals surface area contributed by atoms with E-state index in [9.17, 15) is 9.59 Å². The van der Waals surface area contributed by atoms with Gasteiger partial charge in [0.05, 0.1) is 11.0 Å². The van der Waals surface area contributed by atoms with Gasteiger partial charge in [-0.3, -0.25) is 15.0 Å². The fourth-order valence-corrected chi connectivity index (χ4v) is 3.08. The number of rotatable bonds is 3. The van der Waals surface area contributed by atoms with E-state index in [0.717, 1.165) is 4.47 Å². The van der Waals surface area contributed by atoms with Gasteiger partial charge in [0, 0.05) is 16.2 Å². The van der Waals surface area contributed by atoms with Crippen LogP contribution in [-0.2, 0) is 6.54 Å². The van der Waals surface area contributed by atoms with Crippen LogP contribution in [0, 0.1) is 0 Å². The highest BCUT2D eigenvalue weighted by Gasteiger charge is 2.11. The quantitative estimate of drug-likeness (QED) is 0.470. The van der Waals surface area contributed by atoms with Gasteiger partial charge in [0.25, 0.3) is 11.5 Å². The van der Waals surface area contributed by atoms with E-state index in [1.54, 1.807) is 36.5 Å². The van der Waals surface area contributed by atoms with Crippen LogP contribution >= 0.6 is 31.9 Å². The van der Waals surface area contributed by atoms with Crippen LogP contribution in [0.4, 0.5) is 0 Å². The van der Waals surface area contributed by atoms with Crippen LogP contribution in [0.25, 0.3) is 0 Å². The van der Waals surface area contributed by atoms with E-state index < -0.39 is 0 Å². The number of hydrazine groups is 1. The molecular weight excluding hydrogens is 390 g/mol. The summed E-state index contributed by atoms with van der Waals surface area (Å²) in [5, 5.41) is 0. The molecule has 20 heavy (non-hydrogen) atoms. The molecule has 0 saturated heterocycles. The van der Waals surface area contributed by atoms with Crippen LogP contribution in [-0.4, -0.2) is 10.5 Å². The van der Waals surface area contributed by atoms with E-state index in [1.165, 1.54) is 4.57 Å². The van der Waals surface area contributed by atoms with Crippen molar-refractivity contribution in [3.05, 3.63) is 67.0 Å². The smallest absolute Gasteiger partial charge is 0.265 e. The van der Waals surface area contributed by atoms with Crippen molar-refractivity contribution in [1.82, 2.24) is 9.99 Å². The number of nitrogen functional groups attached to an aromatic ring is 1. The predicted molar refractivity (Wildman–Crippen MR) is 83.3 cm³/mol. The second-order valence-corrected chi connectivity index (χ2v) is 5.84. The Balaban J connectivity index is 2.46. The normalized spacial score (nSPS) is 10.3. The van der Waals surface area contributed by atoms with E-state index >= 15 is 0 Å². The average molecular weight is 401 g/mol. The molecule has 0 aliphatic heterocycles. The largest absolute Gasteiger partial charge is 0.309 e. The van der Waals surface area contributed by atoms with Crippen LogP contribution in [0.2, 0.25) is 0 Å². The number of hydrogen-bond acceptors (Lipinski definition) is 3. The molecule has 0 atom stereocenters. The van der Waals surface area contributed by atoms with Crippen LogP contribution in [0.1, 0.15) is 15.9 Å². The SMILES string of the molecule is NNC(=O)c1ccccc1Cn1cc(Br)cc(Br)c1=O. The minimum atomic E-state index is -0.386. The van der Waals surface area contributed by atoms with Gasteiger partial charge in [0.2, 0.25) is 0 Å². The first-order valence-corrected chi connectivity index (χ1v) is 7.26. The Bertz CT molecular complexity index is 713. The van der Waals surface area contributed by atoms with Gasteiger partial charge < -0.3 is 4.57 Å². The Hall–Kier alpha value is -1.44. The number of halogens is 2. The standard InChI is InChI=1S/C13H11Br2N3O2/c14-9-5-11(15)13(20)18(7-9)6-8-3-1-2-4-10(8)12(19)17-16/h1-5,7H,6,16H2,(H,17,19). The first-order valence-electron chi connectivity index (χ1n) is 5.67. The third-order valence-corrected chi connectivity index (χ3v) is 3.74. The molecule has 0 fully saturated rings. The van der Waals surface area contributed by atoms with Gasteiger partial charge in [-0.25, -0.2) is 5.84 Å². The molecule has 0 aliphatic carbocycles. The molecule has 5 nitrogen and oxygen atoms in total. The van der Waals surface area contributed by atoms with Gasteiger partial charge in [-0.2, -0.15) is 0 Å². The second-order valence-electron chi connectivity index (χ2n) is 4.07. The lowest BCUT2D eigenvalue weighted by atomic mass is 10.1. The van der Waals surface area contributed by atoms with Crippen molar-refractivity contribution < 1.29 is 4.79 Å². The minimum absolute atomic E-state index is 0.170. The summed E-state index contributed by atoms with van der Waals surface area (Å²) in [4.78, 5) is 23.7. The highest BCUT2D eigenvalue weighted by Crippen LogP contribution is 2.15. The van der Waals surface area contributed by atoms with Crippen molar-refractivity contribution >= 4 is 37.8 Å². The maximum Gasteiger partial charge on any atom is 0.265 e. The minimum Gasteiger partial charge on any atom is -0.309 e. The number of carbonyl (C=O) groups excluding carboxylic acids is 1. The summed E-state index contributed by atoms with van der Waals surface area (Å²) in [5.41, 5.74) is 3.08. The summed E-state index contributed by atoms with van der Waals surface area (Å²) < 4.78 is 2.73. The van der Waals surface area contributed by atoms with Gasteiger partial charge in [0.15, 0.2) is 0 Å². The molecule has 3 N–H and O–H groups in total. The number of hydrogen-bond donors (Lipinski definition) is 2. The molecule has 0 aliphatic rings. The molecule has 1 aromatic carbocycles. The summed E-state index contributed by atoms with van der Waals surface area (Å²) in [7, 11) is 0. The predicted octanol–water partition coefficient (Wildman–Crippen LogP) is 2.03. The number of aromatic nitrogens is 1. The fourth-order valence-electron chi connectivity index (χ4n) is 1.82. The second kappa shape index (κ2) is 6.34. The topological polar surface area (TPSA) is 77.1 Å². The van der Waals surface area contributed by atoms with E-state index in [2.05, 4.69) is 37.3 Å². The third kappa shape index (κ3) is 3.17. The van der Waals surface area contributed by atoms with Gasteiger partial charge >= 0.3 is 0 Å². The molecule has 7 heteroatoms. The van der Waals surface area contributed by atoms with Gasteiger partial charge in [0.1, 0.15) is 0 Å². The molecule has 0 saturated carbocycles. The highest BCUT2D eigenvalue weighted by atomic mass is 79.9. The van der Waals surface area contributed by atoms with E-state index in [4.69, 9.17) is 5.84 Å². The number of nitrogens with two attached hydrogens (primary N) is 1. The highest BCUT2D eigenvalue weighted by molar-refractivity contribution is 9.11. The average Bonchev–Trinajstić information content (AvgIpc) is 2.44. The summed E-state index contributed by atoms with van der Waals surface area (Å²) in [6.45, 7) is 0.278. The number of nitrogens with one attached hydrogen (secondary N) is 1. The van der Waals surface area contributed by atoms with Crippen molar-refractivity contribution in [2.24, 2.45) is 5.84 Å². The number of benzene rings is 1. The number of carbonyl (C=O) groups is 1. The Morgan fingerprint density at radius 3 is 2.70 bits per heavy atom. The summed E-state index contributed by atoms with van der Waals surface area (Å²) >= 11 is 6.54. The lowest BCUT2D eigenvalue weighted by Crippen LogP contribution is -2.31. The van der Waals surface area contributed by atoms with Crippen molar-refractivity contribution in [1.29, 1.82) is 0 Å². The molecule has 2 rings (SSSR count). The molecule has 1 heterocycles. The first kappa shape index (κ1) is 15.0. The lowest BCUT2D eigenvalue weighted by molar-refractivity contribution is 0.0952. The van der Waals surface area contributed by atoms with Crippen LogP contribution in [0.3, 0.4) is 0 Å². The maximum absolute atomic E-state index is 12.0. The van der Waals surface area contributed by atoms with E-state index in [0.29, 0.717) is 15.6 Å². The molecular formula is C13H11Br2N3O2. The van der Waals surface area contributed by atoms with E-state index in [-0.39, 0.29) is 18.0 Å². The Kier molecular flexibility index (Phi) is 4.74. The maximum atomic E-state index is 12.0. The Morgan fingerprint density at radius 1 is 1.30 bits per heavy atom. The zero-order chi connectivity index (χ0) is 14.7. The molecule has 2 aromatic rings. The van der Waals surface area contributed by atoms with Gasteiger partial charge in [-0.15, -0.1) is 0 Å². The molecule has 0 spiro atoms. The molecule has 0 radical (unpaired) electrons. The number of amides is 1. The van der Waals surface area contributed by atoms with Crippen molar-refractivity contribution in [3.8, 4) is 0 Å². The third-order valence-electron chi connectivity index (χ3n) is 2.74. The molecule has 0 bridgehead atoms. The van der Waals surface area contributed by atoms with Gasteiger partial charge in [-0.05, 0) is 49.6 Å². The summed E-state index contributed by atoms with van der Waals surface area (Å²) in [5.74, 6) is 4.78. The Morgan fingerprint density at radius 2 is 2.00 bits per heavy atom. The van der Waals surface area contributed by atoms with Crippen LogP contribution < -0.4 is 16.8 Å². The monoisotopic (exact) mass is 399 g/mol. The summed E-state index contributed by atoms with van der Waals surface area (Å²) in [6.07, 6.45) is 1.67. The lowest BCUT2D eigenvalue weighted by Gasteiger charge is -2.11. The first-order chi connectivity index (χ1) is 9.52. The Labute approximate surface area is 132 Å². The van der Waals surface area contributed by atoms with Crippen molar-refractivity contribution in [2.45, 2.75) is 6.54 Å². The van der Waals surface area contributed by atoms with Crippen molar-refractivity contribution in [2.75, 3.05) is 0 Å². The number of nitrogens with zero attached hydrogens (tertiary/aromatic N) is 1. The zero-order valence-corrected chi connectivity index (χ0v) is 13.4. The van der Waals surface area contributed by atoms with Gasteiger partial charge in [-0.1, -0.05) is 18.2 Å². The van der Waals surface area contributed by atoms with E-state index in [1.807, 2.05) is 0 Å². The van der Waals surface area contributed by atoms with Crippen LogP contribution in [0.5, 0.6) is 0 Å².